The van der Waals surface area contributed by atoms with Crippen LogP contribution in [-0.4, -0.2) is 26.2 Å². The first kappa shape index (κ1) is 17.9. The summed E-state index contributed by atoms with van der Waals surface area (Å²) in [5.74, 6) is 1.43. The average Bonchev–Trinajstić information content (AvgIpc) is 2.19. The Balaban J connectivity index is 3.53. The summed E-state index contributed by atoms with van der Waals surface area (Å²) in [5, 5.41) is 7.08. The lowest BCUT2D eigenvalue weighted by atomic mass is 9.82. The maximum absolute atomic E-state index is 3.54. The van der Waals surface area contributed by atoms with Crippen molar-refractivity contribution in [1.82, 2.24) is 10.6 Å². The number of hydrogen-bond donors (Lipinski definition) is 2. The molecule has 0 aliphatic heterocycles. The minimum atomic E-state index is 0.404. The van der Waals surface area contributed by atoms with Crippen LogP contribution in [0.25, 0.3) is 0 Å². The molecule has 0 aromatic rings. The van der Waals surface area contributed by atoms with Crippen molar-refractivity contribution >= 4 is 0 Å². The monoisotopic (exact) mass is 256 g/mol. The minimum absolute atomic E-state index is 0.404. The first-order valence-electron chi connectivity index (χ1n) is 7.46. The lowest BCUT2D eigenvalue weighted by molar-refractivity contribution is 0.246. The third kappa shape index (κ3) is 8.10. The van der Waals surface area contributed by atoms with Crippen molar-refractivity contribution in [2.45, 2.75) is 55.4 Å². The fraction of sp³-hybridized carbons (Fsp3) is 1.00. The van der Waals surface area contributed by atoms with Crippen molar-refractivity contribution in [3.63, 3.8) is 0 Å². The van der Waals surface area contributed by atoms with Crippen LogP contribution in [0.1, 0.15) is 55.4 Å². The van der Waals surface area contributed by atoms with Crippen molar-refractivity contribution < 1.29 is 0 Å². The molecule has 2 heteroatoms. The summed E-state index contributed by atoms with van der Waals surface area (Å²) in [7, 11) is 0. The highest BCUT2D eigenvalue weighted by molar-refractivity contribution is 4.73. The van der Waals surface area contributed by atoms with Crippen LogP contribution >= 0.6 is 0 Å². The van der Waals surface area contributed by atoms with Gasteiger partial charge < -0.3 is 10.6 Å². The van der Waals surface area contributed by atoms with Crippen molar-refractivity contribution in [2.75, 3.05) is 26.2 Å². The molecule has 0 aromatic carbocycles. The van der Waals surface area contributed by atoms with Crippen LogP contribution in [0.5, 0.6) is 0 Å². The predicted molar refractivity (Wildman–Crippen MR) is 83.0 cm³/mol. The van der Waals surface area contributed by atoms with Crippen LogP contribution in [0, 0.1) is 22.7 Å². The van der Waals surface area contributed by atoms with Gasteiger partial charge in [-0.25, -0.2) is 0 Å². The molecular formula is C16H36N2. The Morgan fingerprint density at radius 2 is 0.944 bits per heavy atom. The number of hydrogen-bond acceptors (Lipinski definition) is 2. The van der Waals surface area contributed by atoms with Crippen molar-refractivity contribution in [3.05, 3.63) is 0 Å². The highest BCUT2D eigenvalue weighted by Gasteiger charge is 2.20. The first-order valence-corrected chi connectivity index (χ1v) is 7.46. The van der Waals surface area contributed by atoms with Gasteiger partial charge in [-0.05, 0) is 35.8 Å². The van der Waals surface area contributed by atoms with Gasteiger partial charge in [0.05, 0.1) is 0 Å². The summed E-state index contributed by atoms with van der Waals surface area (Å²) in [6.45, 7) is 22.8. The highest BCUT2D eigenvalue weighted by Crippen LogP contribution is 2.24. The molecule has 0 saturated heterocycles. The van der Waals surface area contributed by atoms with E-state index in [4.69, 9.17) is 0 Å². The topological polar surface area (TPSA) is 24.1 Å². The van der Waals surface area contributed by atoms with E-state index in [9.17, 15) is 0 Å². The Morgan fingerprint density at radius 3 is 1.17 bits per heavy atom. The Kier molecular flexibility index (Phi) is 7.46. The molecule has 2 atom stereocenters. The summed E-state index contributed by atoms with van der Waals surface area (Å²) in [6.07, 6.45) is 0. The molecule has 18 heavy (non-hydrogen) atoms. The molecule has 0 amide bonds. The van der Waals surface area contributed by atoms with Gasteiger partial charge in [-0.3, -0.25) is 0 Å². The molecule has 0 radical (unpaired) electrons. The van der Waals surface area contributed by atoms with Crippen molar-refractivity contribution in [1.29, 1.82) is 0 Å². The molecule has 0 saturated carbocycles. The lowest BCUT2D eigenvalue weighted by Gasteiger charge is -2.28. The van der Waals surface area contributed by atoms with Gasteiger partial charge in [0, 0.05) is 13.1 Å². The van der Waals surface area contributed by atoms with Gasteiger partial charge in [0.1, 0.15) is 0 Å². The van der Waals surface area contributed by atoms with E-state index >= 15 is 0 Å². The van der Waals surface area contributed by atoms with Gasteiger partial charge >= 0.3 is 0 Å². The zero-order chi connectivity index (χ0) is 14.4. The van der Waals surface area contributed by atoms with E-state index in [1.807, 2.05) is 0 Å². The van der Waals surface area contributed by atoms with Crippen LogP contribution < -0.4 is 10.6 Å². The second-order valence-corrected chi connectivity index (χ2v) is 7.94. The van der Waals surface area contributed by atoms with Gasteiger partial charge in [0.2, 0.25) is 0 Å². The van der Waals surface area contributed by atoms with Gasteiger partial charge in [-0.15, -0.1) is 0 Å². The summed E-state index contributed by atoms with van der Waals surface area (Å²) < 4.78 is 0. The van der Waals surface area contributed by atoms with Crippen molar-refractivity contribution in [2.24, 2.45) is 22.7 Å². The van der Waals surface area contributed by atoms with Gasteiger partial charge in [-0.2, -0.15) is 0 Å². The Hall–Kier alpha value is -0.0800. The zero-order valence-corrected chi connectivity index (χ0v) is 14.0. The molecule has 0 aliphatic carbocycles. The van der Waals surface area contributed by atoms with Crippen LogP contribution in [0.4, 0.5) is 0 Å². The fourth-order valence-electron chi connectivity index (χ4n) is 1.43. The number of rotatable bonds is 7. The maximum atomic E-state index is 3.54. The zero-order valence-electron chi connectivity index (χ0n) is 14.0. The fourth-order valence-corrected chi connectivity index (χ4v) is 1.43. The quantitative estimate of drug-likeness (QED) is 0.681. The van der Waals surface area contributed by atoms with Gasteiger partial charge in [-0.1, -0.05) is 55.4 Å². The lowest BCUT2D eigenvalue weighted by Crippen LogP contribution is -2.36. The second kappa shape index (κ2) is 7.49. The molecule has 0 heterocycles. The molecule has 0 spiro atoms. The summed E-state index contributed by atoms with van der Waals surface area (Å²) in [4.78, 5) is 0. The van der Waals surface area contributed by atoms with E-state index < -0.39 is 0 Å². The highest BCUT2D eigenvalue weighted by atomic mass is 14.9. The van der Waals surface area contributed by atoms with E-state index in [-0.39, 0.29) is 0 Å². The van der Waals surface area contributed by atoms with Crippen LogP contribution in [-0.2, 0) is 0 Å². The molecule has 0 aliphatic rings. The van der Waals surface area contributed by atoms with Gasteiger partial charge in [0.25, 0.3) is 0 Å². The summed E-state index contributed by atoms with van der Waals surface area (Å²) in [5.41, 5.74) is 0.808. The molecule has 0 fully saturated rings. The number of nitrogens with one attached hydrogen (secondary N) is 2. The van der Waals surface area contributed by atoms with Gasteiger partial charge in [0.15, 0.2) is 0 Å². The van der Waals surface area contributed by atoms with Crippen LogP contribution in [0.3, 0.4) is 0 Å². The molecule has 0 bridgehead atoms. The summed E-state index contributed by atoms with van der Waals surface area (Å²) >= 11 is 0. The third-order valence-corrected chi connectivity index (χ3v) is 4.34. The molecule has 2 nitrogen and oxygen atoms in total. The normalized spacial score (nSPS) is 16.7. The molecule has 110 valence electrons. The summed E-state index contributed by atoms with van der Waals surface area (Å²) in [6, 6.07) is 0. The van der Waals surface area contributed by atoms with E-state index in [1.165, 1.54) is 0 Å². The Labute approximate surface area is 115 Å². The molecule has 2 N–H and O–H groups in total. The minimum Gasteiger partial charge on any atom is -0.315 e. The molecule has 0 rings (SSSR count). The van der Waals surface area contributed by atoms with E-state index in [2.05, 4.69) is 66.0 Å². The Morgan fingerprint density at radius 1 is 0.667 bits per heavy atom. The first-order chi connectivity index (χ1) is 8.05. The van der Waals surface area contributed by atoms with Crippen molar-refractivity contribution in [3.8, 4) is 0 Å². The van der Waals surface area contributed by atoms with Crippen LogP contribution in [0.2, 0.25) is 0 Å². The molecule has 0 aromatic heterocycles. The third-order valence-electron chi connectivity index (χ3n) is 4.34. The smallest absolute Gasteiger partial charge is 0.00768 e. The SMILES string of the molecule is C[C@H](CNCCNC[C@H](C)C(C)(C)C)C(C)(C)C. The standard InChI is InChI=1S/C16H36N2/c1-13(15(3,4)5)11-17-9-10-18-12-14(2)16(6,7)8/h13-14,17-18H,9-12H2,1-8H3/t13-,14+. The maximum Gasteiger partial charge on any atom is 0.00768 e. The van der Waals surface area contributed by atoms with Crippen LogP contribution in [0.15, 0.2) is 0 Å². The predicted octanol–water partition coefficient (Wildman–Crippen LogP) is 3.53. The van der Waals surface area contributed by atoms with E-state index in [1.54, 1.807) is 0 Å². The molecule has 0 unspecified atom stereocenters. The average molecular weight is 256 g/mol. The largest absolute Gasteiger partial charge is 0.315 e. The second-order valence-electron chi connectivity index (χ2n) is 7.94. The molecular weight excluding hydrogens is 220 g/mol. The Bertz CT molecular complexity index is 186. The van der Waals surface area contributed by atoms with E-state index in [0.717, 1.165) is 26.2 Å². The van der Waals surface area contributed by atoms with E-state index in [0.29, 0.717) is 22.7 Å².